The molecular weight excluding hydrogens is 502 g/mol. The van der Waals surface area contributed by atoms with Gasteiger partial charge in [-0.05, 0) is 23.6 Å². The predicted molar refractivity (Wildman–Crippen MR) is 129 cm³/mol. The van der Waals surface area contributed by atoms with Crippen LogP contribution in [0.3, 0.4) is 0 Å². The van der Waals surface area contributed by atoms with Crippen LogP contribution >= 0.6 is 23.5 Å². The number of nitrogens with one attached hydrogen (secondary N) is 1. The molecule has 12 nitrogen and oxygen atoms in total. The molecule has 2 unspecified atom stereocenters. The molecule has 6 N–H and O–H groups in total. The first-order valence-electron chi connectivity index (χ1n) is 11.3. The highest BCUT2D eigenvalue weighted by molar-refractivity contribution is 8.01. The molecule has 1 aromatic heterocycles. The number of amides is 1. The highest BCUT2D eigenvalue weighted by Gasteiger charge is 2.52. The van der Waals surface area contributed by atoms with Crippen molar-refractivity contribution in [2.24, 2.45) is 10.9 Å². The number of hydrogen-bond donors (Lipinski definition) is 4. The van der Waals surface area contributed by atoms with Gasteiger partial charge in [-0.2, -0.15) is 5.21 Å². The number of nitrogens with zero attached hydrogens (tertiary/aromatic N) is 4. The molecule has 3 heterocycles. The minimum absolute atomic E-state index is 0.0363. The molecule has 1 aromatic rings. The Hall–Kier alpha value is -1.68. The predicted octanol–water partition coefficient (Wildman–Crippen LogP) is 1.04. The molecule has 0 aliphatic carbocycles. The first-order chi connectivity index (χ1) is 16.2. The monoisotopic (exact) mass is 533 g/mol. The first kappa shape index (κ1) is 26.9. The number of thioether (sulfide) groups is 2. The fourth-order valence-corrected chi connectivity index (χ4v) is 7.25. The molecular formula is C19H31N7O5S3. The number of sulfonamides is 1. The van der Waals surface area contributed by atoms with Gasteiger partial charge < -0.3 is 10.8 Å². The van der Waals surface area contributed by atoms with Crippen molar-refractivity contribution < 1.29 is 23.1 Å². The third kappa shape index (κ3) is 7.16. The summed E-state index contributed by atoms with van der Waals surface area (Å²) >= 11 is 2.84. The number of unbranched alkanes of at least 4 members (excludes halogenated alkanes) is 7. The molecule has 2 aliphatic heterocycles. The highest BCUT2D eigenvalue weighted by Crippen LogP contribution is 2.43. The van der Waals surface area contributed by atoms with Crippen LogP contribution in [0.2, 0.25) is 0 Å². The van der Waals surface area contributed by atoms with Gasteiger partial charge in [0, 0.05) is 11.0 Å². The summed E-state index contributed by atoms with van der Waals surface area (Å²) in [6.45, 7) is 0. The zero-order valence-corrected chi connectivity index (χ0v) is 21.2. The van der Waals surface area contributed by atoms with Crippen LogP contribution in [-0.4, -0.2) is 79.1 Å². The number of aromatic nitrogens is 4. The van der Waals surface area contributed by atoms with Crippen molar-refractivity contribution in [3.63, 3.8) is 0 Å². The number of fused-ring (bicyclic) bond motifs is 1. The lowest BCUT2D eigenvalue weighted by Crippen LogP contribution is -2.68. The zero-order chi connectivity index (χ0) is 24.7. The van der Waals surface area contributed by atoms with E-state index in [2.05, 4.69) is 20.6 Å². The maximum Gasteiger partial charge on any atom is 0.352 e. The Kier molecular flexibility index (Phi) is 9.76. The van der Waals surface area contributed by atoms with Gasteiger partial charge in [-0.1, -0.05) is 56.7 Å². The number of tetrazole rings is 1. The normalized spacial score (nSPS) is 21.4. The largest absolute Gasteiger partial charge is 0.477 e. The van der Waals surface area contributed by atoms with Gasteiger partial charge in [0.05, 0.1) is 5.75 Å². The Labute approximate surface area is 207 Å². The van der Waals surface area contributed by atoms with Gasteiger partial charge in [0.1, 0.15) is 17.1 Å². The number of β-lactam (4-membered cyclic amide) rings is 1. The van der Waals surface area contributed by atoms with Gasteiger partial charge >= 0.3 is 5.97 Å². The second-order valence-electron chi connectivity index (χ2n) is 8.40. The van der Waals surface area contributed by atoms with Crippen molar-refractivity contribution in [2.45, 2.75) is 79.6 Å². The molecule has 3 atom stereocenters. The van der Waals surface area contributed by atoms with Crippen molar-refractivity contribution in [3.05, 3.63) is 11.3 Å². The van der Waals surface area contributed by atoms with Gasteiger partial charge in [-0.25, -0.2) is 18.4 Å². The smallest absolute Gasteiger partial charge is 0.352 e. The third-order valence-corrected chi connectivity index (χ3v) is 9.22. The van der Waals surface area contributed by atoms with E-state index < -0.39 is 22.0 Å². The Morgan fingerprint density at radius 3 is 2.44 bits per heavy atom. The van der Waals surface area contributed by atoms with Gasteiger partial charge in [-0.3, -0.25) is 9.69 Å². The number of carboxylic acids is 1. The lowest BCUT2D eigenvalue weighted by molar-refractivity contribution is -0.148. The third-order valence-electron chi connectivity index (χ3n) is 5.85. The van der Waals surface area contributed by atoms with Crippen molar-refractivity contribution in [1.29, 1.82) is 0 Å². The first-order valence-corrected chi connectivity index (χ1v) is 14.9. The molecule has 1 saturated heterocycles. The quantitative estimate of drug-likeness (QED) is 0.143. The summed E-state index contributed by atoms with van der Waals surface area (Å²) in [5.74, 6) is -0.965. The van der Waals surface area contributed by atoms with Gasteiger partial charge in [0.2, 0.25) is 21.1 Å². The second-order valence-corrected chi connectivity index (χ2v) is 12.4. The average Bonchev–Trinajstić information content (AvgIpc) is 3.30. The van der Waals surface area contributed by atoms with E-state index in [1.165, 1.54) is 28.4 Å². The van der Waals surface area contributed by atoms with Crippen molar-refractivity contribution in [2.75, 3.05) is 11.5 Å². The molecule has 190 valence electrons. The number of carbonyl (C=O) groups excluding carboxylic acids is 1. The zero-order valence-electron chi connectivity index (χ0n) is 18.8. The standard InChI is InChI=1S/C19H31N7O5S3/c20-14-16(27)26-15(18(28)29)12(11-32-17(14)26)13(33-19-22-24-25-23-19)9-7-5-3-1-2-4-6-8-10-34(21,30)31/h13-14,17H,1-11,20H2,(H,28,29)(H2,21,30,31)(H,22,23,24,25)/t13?,14?,17-/m0/s1. The number of H-pyrrole nitrogens is 1. The summed E-state index contributed by atoms with van der Waals surface area (Å²) in [7, 11) is -3.37. The van der Waals surface area contributed by atoms with Crippen LogP contribution in [0.25, 0.3) is 0 Å². The number of rotatable bonds is 15. The molecule has 2 aliphatic rings. The van der Waals surface area contributed by atoms with Gasteiger partial charge in [-0.15, -0.1) is 22.0 Å². The second kappa shape index (κ2) is 12.3. The lowest BCUT2D eigenvalue weighted by Gasteiger charge is -2.48. The minimum Gasteiger partial charge on any atom is -0.477 e. The molecule has 0 saturated carbocycles. The number of hydrogen-bond acceptors (Lipinski definition) is 10. The van der Waals surface area contributed by atoms with E-state index in [0.29, 0.717) is 22.9 Å². The van der Waals surface area contributed by atoms with Crippen molar-refractivity contribution in [1.82, 2.24) is 25.5 Å². The number of carboxylic acid groups (broad SMARTS) is 1. The summed E-state index contributed by atoms with van der Waals surface area (Å²) in [5, 5.41) is 28.8. The highest BCUT2D eigenvalue weighted by atomic mass is 32.2. The van der Waals surface area contributed by atoms with Crippen LogP contribution in [0.1, 0.15) is 57.8 Å². The summed E-state index contributed by atoms with van der Waals surface area (Å²) in [6, 6.07) is -0.663. The van der Waals surface area contributed by atoms with Crippen LogP contribution in [0, 0.1) is 0 Å². The number of aliphatic carboxylic acids is 1. The van der Waals surface area contributed by atoms with E-state index in [1.54, 1.807) is 0 Å². The molecule has 3 rings (SSSR count). The number of carbonyl (C=O) groups is 2. The molecule has 0 aromatic carbocycles. The Morgan fingerprint density at radius 1 is 1.21 bits per heavy atom. The summed E-state index contributed by atoms with van der Waals surface area (Å²) in [4.78, 5) is 25.7. The van der Waals surface area contributed by atoms with Crippen LogP contribution in [0.15, 0.2) is 16.4 Å². The molecule has 1 fully saturated rings. The molecule has 15 heteroatoms. The van der Waals surface area contributed by atoms with E-state index in [-0.39, 0.29) is 28.0 Å². The van der Waals surface area contributed by atoms with Crippen LogP contribution < -0.4 is 10.9 Å². The lowest BCUT2D eigenvalue weighted by atomic mass is 9.99. The molecule has 0 bridgehead atoms. The van der Waals surface area contributed by atoms with E-state index in [0.717, 1.165) is 51.4 Å². The Morgan fingerprint density at radius 2 is 1.85 bits per heavy atom. The van der Waals surface area contributed by atoms with Crippen molar-refractivity contribution >= 4 is 45.4 Å². The van der Waals surface area contributed by atoms with E-state index in [1.807, 2.05) is 0 Å². The van der Waals surface area contributed by atoms with Crippen LogP contribution in [-0.2, 0) is 19.6 Å². The summed E-state index contributed by atoms with van der Waals surface area (Å²) in [5.41, 5.74) is 6.59. The summed E-state index contributed by atoms with van der Waals surface area (Å²) < 4.78 is 21.9. The number of nitrogens with two attached hydrogens (primary N) is 2. The average molecular weight is 534 g/mol. The fourth-order valence-electron chi connectivity index (χ4n) is 4.11. The van der Waals surface area contributed by atoms with Gasteiger partial charge in [0.15, 0.2) is 0 Å². The van der Waals surface area contributed by atoms with E-state index in [9.17, 15) is 23.1 Å². The SMILES string of the molecule is NC1C(=O)N2C(C(=O)O)=C(C(CCCCCCCCCCS(N)(=O)=O)Sc3nn[nH]n3)CS[C@@H]12. The topological polar surface area (TPSA) is 198 Å². The minimum atomic E-state index is -3.37. The number of primary sulfonamides is 1. The van der Waals surface area contributed by atoms with E-state index in [4.69, 9.17) is 10.9 Å². The molecule has 1 amide bonds. The maximum atomic E-state index is 12.3. The van der Waals surface area contributed by atoms with Crippen LogP contribution in [0.5, 0.6) is 0 Å². The van der Waals surface area contributed by atoms with Crippen molar-refractivity contribution in [3.8, 4) is 0 Å². The number of aromatic amines is 1. The Bertz CT molecular complexity index is 986. The van der Waals surface area contributed by atoms with Crippen LogP contribution in [0.4, 0.5) is 0 Å². The maximum absolute atomic E-state index is 12.3. The molecule has 34 heavy (non-hydrogen) atoms. The fraction of sp³-hybridized carbons (Fsp3) is 0.737. The summed E-state index contributed by atoms with van der Waals surface area (Å²) in [6.07, 6.45) is 8.15. The van der Waals surface area contributed by atoms with Gasteiger partial charge in [0.25, 0.3) is 0 Å². The van der Waals surface area contributed by atoms with E-state index >= 15 is 0 Å². The molecule has 0 radical (unpaired) electrons. The Balaban J connectivity index is 1.52. The molecule has 0 spiro atoms.